The Balaban J connectivity index is 1.71. The van der Waals surface area contributed by atoms with Crippen LogP contribution in [0.25, 0.3) is 0 Å². The first-order valence-electron chi connectivity index (χ1n) is 8.03. The third-order valence-electron chi connectivity index (χ3n) is 4.86. The summed E-state index contributed by atoms with van der Waals surface area (Å²) in [6.45, 7) is 3.52. The Morgan fingerprint density at radius 3 is 2.35 bits per heavy atom. The minimum absolute atomic E-state index is 0.235. The molecule has 3 rings (SSSR count). The predicted octanol–water partition coefficient (Wildman–Crippen LogP) is 2.33. The van der Waals surface area contributed by atoms with Crippen molar-refractivity contribution >= 4 is 5.69 Å². The first kappa shape index (κ1) is 13.9. The van der Waals surface area contributed by atoms with Crippen LogP contribution in [-0.4, -0.2) is 36.4 Å². The van der Waals surface area contributed by atoms with Crippen molar-refractivity contribution in [3.05, 3.63) is 29.8 Å². The molecule has 0 saturated carbocycles. The zero-order valence-electron chi connectivity index (χ0n) is 12.4. The lowest BCUT2D eigenvalue weighted by atomic mass is 9.96. The molecule has 110 valence electrons. The van der Waals surface area contributed by atoms with Crippen LogP contribution in [0, 0.1) is 0 Å². The number of hydrogen-bond acceptors (Lipinski definition) is 3. The predicted molar refractivity (Wildman–Crippen MR) is 83.2 cm³/mol. The van der Waals surface area contributed by atoms with Crippen molar-refractivity contribution < 1.29 is 5.11 Å². The van der Waals surface area contributed by atoms with Gasteiger partial charge in [-0.15, -0.1) is 0 Å². The molecule has 1 aromatic rings. The second kappa shape index (κ2) is 6.15. The Morgan fingerprint density at radius 1 is 1.15 bits per heavy atom. The number of rotatable bonds is 5. The Hall–Kier alpha value is -1.06. The summed E-state index contributed by atoms with van der Waals surface area (Å²) in [5, 5.41) is 12.6. The van der Waals surface area contributed by atoms with Gasteiger partial charge in [0.15, 0.2) is 0 Å². The molecule has 2 bridgehead atoms. The quantitative estimate of drug-likeness (QED) is 0.865. The van der Waals surface area contributed by atoms with E-state index in [2.05, 4.69) is 41.4 Å². The maximum Gasteiger partial charge on any atom is 0.0471 e. The van der Waals surface area contributed by atoms with E-state index < -0.39 is 0 Å². The normalized spacial score (nSPS) is 28.9. The van der Waals surface area contributed by atoms with Crippen LogP contribution in [0.5, 0.6) is 0 Å². The van der Waals surface area contributed by atoms with Crippen molar-refractivity contribution in [2.24, 2.45) is 0 Å². The van der Waals surface area contributed by atoms with Gasteiger partial charge in [0.2, 0.25) is 0 Å². The van der Waals surface area contributed by atoms with Crippen molar-refractivity contribution in [2.45, 2.75) is 57.2 Å². The van der Waals surface area contributed by atoms with Crippen LogP contribution in [0.15, 0.2) is 24.3 Å². The molecule has 2 aliphatic rings. The molecule has 0 radical (unpaired) electrons. The first-order chi connectivity index (χ1) is 9.81. The van der Waals surface area contributed by atoms with E-state index >= 15 is 0 Å². The third-order valence-corrected chi connectivity index (χ3v) is 4.86. The molecular weight excluding hydrogens is 248 g/mol. The summed E-state index contributed by atoms with van der Waals surface area (Å²) >= 11 is 0. The smallest absolute Gasteiger partial charge is 0.0471 e. The molecule has 2 aliphatic heterocycles. The van der Waals surface area contributed by atoms with Gasteiger partial charge in [-0.05, 0) is 56.3 Å². The number of benzene rings is 1. The molecule has 2 heterocycles. The summed E-state index contributed by atoms with van der Waals surface area (Å²) in [7, 11) is 0. The highest BCUT2D eigenvalue weighted by Crippen LogP contribution is 2.39. The van der Waals surface area contributed by atoms with Gasteiger partial charge in [-0.1, -0.05) is 19.1 Å². The molecule has 20 heavy (non-hydrogen) atoms. The SMILES string of the molecule is CCNC1CC2CCC(C1)N2c1ccc(CCO)cc1. The highest BCUT2D eigenvalue weighted by molar-refractivity contribution is 5.51. The number of fused-ring (bicyclic) bond motifs is 2. The summed E-state index contributed by atoms with van der Waals surface area (Å²) in [4.78, 5) is 2.65. The van der Waals surface area contributed by atoms with E-state index in [0.717, 1.165) is 13.0 Å². The van der Waals surface area contributed by atoms with E-state index in [-0.39, 0.29) is 6.61 Å². The number of nitrogens with one attached hydrogen (secondary N) is 1. The molecule has 3 nitrogen and oxygen atoms in total. The molecule has 0 aliphatic carbocycles. The minimum Gasteiger partial charge on any atom is -0.396 e. The molecule has 2 atom stereocenters. The number of nitrogens with zero attached hydrogens (tertiary/aromatic N) is 1. The number of aliphatic hydroxyl groups is 1. The maximum absolute atomic E-state index is 8.99. The molecule has 2 fully saturated rings. The van der Waals surface area contributed by atoms with Gasteiger partial charge in [0.25, 0.3) is 0 Å². The van der Waals surface area contributed by atoms with E-state index in [1.807, 2.05) is 0 Å². The second-order valence-corrected chi connectivity index (χ2v) is 6.16. The lowest BCUT2D eigenvalue weighted by Crippen LogP contribution is -2.49. The highest BCUT2D eigenvalue weighted by Gasteiger charge is 2.40. The zero-order valence-corrected chi connectivity index (χ0v) is 12.4. The Morgan fingerprint density at radius 2 is 1.80 bits per heavy atom. The monoisotopic (exact) mass is 274 g/mol. The van der Waals surface area contributed by atoms with Gasteiger partial charge in [-0.25, -0.2) is 0 Å². The Labute approximate surface area is 122 Å². The Kier molecular flexibility index (Phi) is 4.27. The fourth-order valence-corrected chi connectivity index (χ4v) is 4.02. The van der Waals surface area contributed by atoms with Crippen LogP contribution < -0.4 is 10.2 Å². The van der Waals surface area contributed by atoms with E-state index in [4.69, 9.17) is 5.11 Å². The molecular formula is C17H26N2O. The van der Waals surface area contributed by atoms with Crippen LogP contribution in [0.3, 0.4) is 0 Å². The van der Waals surface area contributed by atoms with E-state index in [1.165, 1.54) is 36.9 Å². The van der Waals surface area contributed by atoms with Gasteiger partial charge in [0.1, 0.15) is 0 Å². The van der Waals surface area contributed by atoms with Crippen molar-refractivity contribution in [3.63, 3.8) is 0 Å². The van der Waals surface area contributed by atoms with Gasteiger partial charge in [0.05, 0.1) is 0 Å². The van der Waals surface area contributed by atoms with Crippen molar-refractivity contribution in [2.75, 3.05) is 18.1 Å². The van der Waals surface area contributed by atoms with Crippen LogP contribution in [0.4, 0.5) is 5.69 Å². The van der Waals surface area contributed by atoms with Crippen LogP contribution >= 0.6 is 0 Å². The zero-order chi connectivity index (χ0) is 13.9. The summed E-state index contributed by atoms with van der Waals surface area (Å²) in [5.74, 6) is 0. The third kappa shape index (κ3) is 2.70. The molecule has 2 N–H and O–H groups in total. The average Bonchev–Trinajstić information content (AvgIpc) is 2.72. The largest absolute Gasteiger partial charge is 0.396 e. The molecule has 1 aromatic carbocycles. The van der Waals surface area contributed by atoms with Crippen molar-refractivity contribution in [1.29, 1.82) is 0 Å². The van der Waals surface area contributed by atoms with Gasteiger partial charge >= 0.3 is 0 Å². The summed E-state index contributed by atoms with van der Waals surface area (Å²) in [5.41, 5.74) is 2.60. The average molecular weight is 274 g/mol. The van der Waals surface area contributed by atoms with Gasteiger partial charge in [-0.2, -0.15) is 0 Å². The topological polar surface area (TPSA) is 35.5 Å². The summed E-state index contributed by atoms with van der Waals surface area (Å²) < 4.78 is 0. The molecule has 0 spiro atoms. The van der Waals surface area contributed by atoms with Crippen LogP contribution in [-0.2, 0) is 6.42 Å². The fourth-order valence-electron chi connectivity index (χ4n) is 4.02. The highest BCUT2D eigenvalue weighted by atomic mass is 16.2. The first-order valence-corrected chi connectivity index (χ1v) is 8.03. The number of piperidine rings is 1. The van der Waals surface area contributed by atoms with E-state index in [1.54, 1.807) is 0 Å². The second-order valence-electron chi connectivity index (χ2n) is 6.16. The van der Waals surface area contributed by atoms with Gasteiger partial charge < -0.3 is 15.3 Å². The van der Waals surface area contributed by atoms with E-state index in [9.17, 15) is 0 Å². The number of hydrogen-bond donors (Lipinski definition) is 2. The van der Waals surface area contributed by atoms with Crippen LogP contribution in [0.2, 0.25) is 0 Å². The van der Waals surface area contributed by atoms with Gasteiger partial charge in [0, 0.05) is 30.4 Å². The lowest BCUT2D eigenvalue weighted by Gasteiger charge is -2.41. The number of aliphatic hydroxyl groups excluding tert-OH is 1. The summed E-state index contributed by atoms with van der Waals surface area (Å²) in [6, 6.07) is 10.9. The van der Waals surface area contributed by atoms with Crippen molar-refractivity contribution in [3.8, 4) is 0 Å². The van der Waals surface area contributed by atoms with Crippen molar-refractivity contribution in [1.82, 2.24) is 5.32 Å². The molecule has 2 saturated heterocycles. The van der Waals surface area contributed by atoms with Gasteiger partial charge in [-0.3, -0.25) is 0 Å². The Bertz CT molecular complexity index is 417. The van der Waals surface area contributed by atoms with E-state index in [0.29, 0.717) is 18.1 Å². The minimum atomic E-state index is 0.235. The standard InChI is InChI=1S/C17H26N2O/c1-2-18-14-11-16-7-8-17(12-14)19(16)15-5-3-13(4-6-15)9-10-20/h3-6,14,16-18,20H,2,7-12H2,1H3. The molecule has 3 heteroatoms. The maximum atomic E-state index is 8.99. The molecule has 2 unspecified atom stereocenters. The summed E-state index contributed by atoms with van der Waals surface area (Å²) in [6.07, 6.45) is 6.00. The lowest BCUT2D eigenvalue weighted by molar-refractivity contribution is 0.299. The molecule has 0 aromatic heterocycles. The van der Waals surface area contributed by atoms with Crippen LogP contribution in [0.1, 0.15) is 38.2 Å². The fraction of sp³-hybridized carbons (Fsp3) is 0.647. The number of anilines is 1. The molecule has 0 amide bonds.